The first kappa shape index (κ1) is 13.9. The van der Waals surface area contributed by atoms with E-state index < -0.39 is 0 Å². The first-order valence-electron chi connectivity index (χ1n) is 7.52. The van der Waals surface area contributed by atoms with E-state index in [2.05, 4.69) is 18.7 Å². The fourth-order valence-corrected chi connectivity index (χ4v) is 3.47. The van der Waals surface area contributed by atoms with Gasteiger partial charge in [-0.3, -0.25) is 4.79 Å². The van der Waals surface area contributed by atoms with Crippen LogP contribution in [0.15, 0.2) is 0 Å². The molecule has 2 fully saturated rings. The van der Waals surface area contributed by atoms with Crippen LogP contribution in [0, 0.1) is 10.8 Å². The number of carbonyl (C=O) groups excluding carboxylic acids is 1. The number of rotatable bonds is 4. The minimum absolute atomic E-state index is 0.0224. The molecule has 3 nitrogen and oxygen atoms in total. The molecular weight excluding hydrogens is 226 g/mol. The first-order valence-corrected chi connectivity index (χ1v) is 7.52. The van der Waals surface area contributed by atoms with Crippen LogP contribution in [0.1, 0.15) is 58.8 Å². The van der Waals surface area contributed by atoms with Crippen LogP contribution in [0.5, 0.6) is 0 Å². The summed E-state index contributed by atoms with van der Waals surface area (Å²) in [5.74, 6) is 0.388. The Balaban J connectivity index is 1.95. The maximum absolute atomic E-state index is 12.6. The van der Waals surface area contributed by atoms with Gasteiger partial charge in [-0.2, -0.15) is 0 Å². The number of aliphatic hydroxyl groups excluding tert-OH is 1. The van der Waals surface area contributed by atoms with Gasteiger partial charge >= 0.3 is 0 Å². The molecule has 2 aliphatic rings. The monoisotopic (exact) mass is 253 g/mol. The standard InChI is InChI=1S/C15H27NO2/c1-3-14(12-17)8-10-16(11-9-14)13(18)15(4-2)6-5-7-15/h17H,3-12H2,1-2H3. The van der Waals surface area contributed by atoms with E-state index in [-0.39, 0.29) is 17.4 Å². The predicted molar refractivity (Wildman–Crippen MR) is 72.2 cm³/mol. The van der Waals surface area contributed by atoms with Gasteiger partial charge in [0, 0.05) is 25.1 Å². The average molecular weight is 253 g/mol. The molecule has 0 aromatic carbocycles. The van der Waals surface area contributed by atoms with Crippen molar-refractivity contribution in [2.45, 2.75) is 58.8 Å². The Morgan fingerprint density at radius 2 is 1.72 bits per heavy atom. The zero-order valence-corrected chi connectivity index (χ0v) is 11.9. The Hall–Kier alpha value is -0.570. The maximum Gasteiger partial charge on any atom is 0.228 e. The van der Waals surface area contributed by atoms with Crippen LogP contribution in [-0.2, 0) is 4.79 Å². The normalized spacial score (nSPS) is 25.6. The fourth-order valence-electron chi connectivity index (χ4n) is 3.47. The van der Waals surface area contributed by atoms with Crippen molar-refractivity contribution in [2.75, 3.05) is 19.7 Å². The predicted octanol–water partition coefficient (Wildman–Crippen LogP) is 2.58. The lowest BCUT2D eigenvalue weighted by Gasteiger charge is -2.47. The van der Waals surface area contributed by atoms with Gasteiger partial charge in [0.25, 0.3) is 0 Å². The number of aliphatic hydroxyl groups is 1. The van der Waals surface area contributed by atoms with Crippen molar-refractivity contribution in [2.24, 2.45) is 10.8 Å². The molecule has 0 aromatic rings. The summed E-state index contributed by atoms with van der Waals surface area (Å²) in [5.41, 5.74) is 0.0567. The third-order valence-electron chi connectivity index (χ3n) is 5.64. The SMILES string of the molecule is CCC1(CO)CCN(C(=O)C2(CC)CCC2)CC1. The summed E-state index contributed by atoms with van der Waals surface area (Å²) >= 11 is 0. The third kappa shape index (κ3) is 2.18. The van der Waals surface area contributed by atoms with Crippen molar-refractivity contribution < 1.29 is 9.90 Å². The molecule has 1 N–H and O–H groups in total. The second kappa shape index (κ2) is 5.20. The van der Waals surface area contributed by atoms with Crippen molar-refractivity contribution in [1.82, 2.24) is 4.90 Å². The van der Waals surface area contributed by atoms with E-state index >= 15 is 0 Å². The third-order valence-corrected chi connectivity index (χ3v) is 5.64. The summed E-state index contributed by atoms with van der Waals surface area (Å²) in [5, 5.41) is 9.53. The number of amides is 1. The molecule has 0 unspecified atom stereocenters. The largest absolute Gasteiger partial charge is 0.396 e. The van der Waals surface area contributed by atoms with E-state index in [1.165, 1.54) is 6.42 Å². The maximum atomic E-state index is 12.6. The Morgan fingerprint density at radius 1 is 1.11 bits per heavy atom. The minimum atomic E-state index is -0.0224. The van der Waals surface area contributed by atoms with E-state index in [1.807, 2.05) is 0 Å². The Bertz CT molecular complexity index is 290. The second-order valence-electron chi connectivity index (χ2n) is 6.29. The summed E-state index contributed by atoms with van der Waals surface area (Å²) in [6.07, 6.45) is 7.31. The summed E-state index contributed by atoms with van der Waals surface area (Å²) in [7, 11) is 0. The molecule has 1 amide bonds. The van der Waals surface area contributed by atoms with Crippen LogP contribution in [0.4, 0.5) is 0 Å². The van der Waals surface area contributed by atoms with Crippen molar-refractivity contribution >= 4 is 5.91 Å². The Kier molecular flexibility index (Phi) is 4.00. The van der Waals surface area contributed by atoms with Crippen LogP contribution in [0.3, 0.4) is 0 Å². The van der Waals surface area contributed by atoms with Crippen LogP contribution >= 0.6 is 0 Å². The van der Waals surface area contributed by atoms with Gasteiger partial charge in [0.2, 0.25) is 5.91 Å². The number of hydrogen-bond acceptors (Lipinski definition) is 2. The van der Waals surface area contributed by atoms with Gasteiger partial charge in [-0.15, -0.1) is 0 Å². The molecule has 0 aromatic heterocycles. The Labute approximate surface area is 111 Å². The van der Waals surface area contributed by atoms with E-state index in [4.69, 9.17) is 0 Å². The van der Waals surface area contributed by atoms with Crippen LogP contribution in [0.25, 0.3) is 0 Å². The lowest BCUT2D eigenvalue weighted by Crippen LogP contribution is -2.52. The molecule has 1 saturated carbocycles. The minimum Gasteiger partial charge on any atom is -0.396 e. The highest BCUT2D eigenvalue weighted by Crippen LogP contribution is 2.46. The molecule has 0 spiro atoms. The van der Waals surface area contributed by atoms with E-state index in [9.17, 15) is 9.90 Å². The molecular formula is C15H27NO2. The average Bonchev–Trinajstić information content (AvgIpc) is 2.38. The zero-order chi connectivity index (χ0) is 13.2. The number of likely N-dealkylation sites (tertiary alicyclic amines) is 1. The van der Waals surface area contributed by atoms with Crippen LogP contribution in [0.2, 0.25) is 0 Å². The molecule has 0 bridgehead atoms. The van der Waals surface area contributed by atoms with Crippen LogP contribution in [-0.4, -0.2) is 35.6 Å². The van der Waals surface area contributed by atoms with Crippen molar-refractivity contribution in [3.63, 3.8) is 0 Å². The van der Waals surface area contributed by atoms with Crippen molar-refractivity contribution in [1.29, 1.82) is 0 Å². The van der Waals surface area contributed by atoms with Crippen molar-refractivity contribution in [3.8, 4) is 0 Å². The molecule has 3 heteroatoms. The van der Waals surface area contributed by atoms with Gasteiger partial charge in [0.15, 0.2) is 0 Å². The van der Waals surface area contributed by atoms with E-state index in [0.717, 1.165) is 51.6 Å². The molecule has 2 rings (SSSR count). The van der Waals surface area contributed by atoms with Gasteiger partial charge in [0.1, 0.15) is 0 Å². The van der Waals surface area contributed by atoms with E-state index in [1.54, 1.807) is 0 Å². The highest BCUT2D eigenvalue weighted by molar-refractivity contribution is 5.83. The van der Waals surface area contributed by atoms with E-state index in [0.29, 0.717) is 5.91 Å². The molecule has 18 heavy (non-hydrogen) atoms. The number of carbonyl (C=O) groups is 1. The van der Waals surface area contributed by atoms with Crippen molar-refractivity contribution in [3.05, 3.63) is 0 Å². The molecule has 1 aliphatic heterocycles. The molecule has 1 heterocycles. The van der Waals surface area contributed by atoms with Gasteiger partial charge in [-0.1, -0.05) is 20.3 Å². The van der Waals surface area contributed by atoms with Gasteiger partial charge < -0.3 is 10.0 Å². The summed E-state index contributed by atoms with van der Waals surface area (Å²) in [6, 6.07) is 0. The first-order chi connectivity index (χ1) is 8.61. The Morgan fingerprint density at radius 3 is 2.06 bits per heavy atom. The smallest absolute Gasteiger partial charge is 0.228 e. The highest BCUT2D eigenvalue weighted by atomic mass is 16.3. The molecule has 104 valence electrons. The number of hydrogen-bond donors (Lipinski definition) is 1. The zero-order valence-electron chi connectivity index (χ0n) is 11.9. The fraction of sp³-hybridized carbons (Fsp3) is 0.933. The molecule has 0 atom stereocenters. The molecule has 1 saturated heterocycles. The molecule has 0 radical (unpaired) electrons. The van der Waals surface area contributed by atoms with Gasteiger partial charge in [-0.05, 0) is 43.9 Å². The highest BCUT2D eigenvalue weighted by Gasteiger charge is 2.46. The number of nitrogens with zero attached hydrogens (tertiary/aromatic N) is 1. The second-order valence-corrected chi connectivity index (χ2v) is 6.29. The topological polar surface area (TPSA) is 40.5 Å². The summed E-state index contributed by atoms with van der Waals surface area (Å²) < 4.78 is 0. The molecule has 1 aliphatic carbocycles. The number of piperidine rings is 1. The van der Waals surface area contributed by atoms with Gasteiger partial charge in [-0.25, -0.2) is 0 Å². The lowest BCUT2D eigenvalue weighted by atomic mass is 9.65. The van der Waals surface area contributed by atoms with Crippen LogP contribution < -0.4 is 0 Å². The van der Waals surface area contributed by atoms with Gasteiger partial charge in [0.05, 0.1) is 0 Å². The summed E-state index contributed by atoms with van der Waals surface area (Å²) in [6.45, 7) is 6.24. The lowest BCUT2D eigenvalue weighted by molar-refractivity contribution is -0.150. The summed E-state index contributed by atoms with van der Waals surface area (Å²) in [4.78, 5) is 14.6. The quantitative estimate of drug-likeness (QED) is 0.836.